The molecule has 1 aliphatic carbocycles. The van der Waals surface area contributed by atoms with Crippen LogP contribution in [0.3, 0.4) is 0 Å². The van der Waals surface area contributed by atoms with E-state index in [4.69, 9.17) is 0 Å². The predicted octanol–water partition coefficient (Wildman–Crippen LogP) is 8.56. The molecule has 1 saturated carbocycles. The zero-order valence-electron chi connectivity index (χ0n) is 19.6. The molecule has 0 aromatic carbocycles. The summed E-state index contributed by atoms with van der Waals surface area (Å²) in [5.74, 6) is 3.66. The van der Waals surface area contributed by atoms with Crippen molar-refractivity contribution in [3.63, 3.8) is 0 Å². The predicted molar refractivity (Wildman–Crippen MR) is 128 cm³/mol. The maximum absolute atomic E-state index is 2.54. The zero-order valence-corrected chi connectivity index (χ0v) is 21.4. The minimum Gasteiger partial charge on any atom is -0.0960 e. The lowest BCUT2D eigenvalue weighted by Crippen LogP contribution is -2.31. The molecule has 27 heavy (non-hydrogen) atoms. The van der Waals surface area contributed by atoms with Crippen molar-refractivity contribution in [3.8, 4) is 0 Å². The van der Waals surface area contributed by atoms with Crippen LogP contribution < -0.4 is 0 Å². The van der Waals surface area contributed by atoms with Crippen LogP contribution in [0, 0.1) is 23.7 Å². The molecule has 0 radical (unpaired) electrons. The quantitative estimate of drug-likeness (QED) is 0.385. The first kappa shape index (κ1) is 22.5. The van der Waals surface area contributed by atoms with E-state index in [0.29, 0.717) is 0 Å². The first-order valence-electron chi connectivity index (χ1n) is 12.3. The van der Waals surface area contributed by atoms with Gasteiger partial charge in [0, 0.05) is 0 Å². The van der Waals surface area contributed by atoms with Crippen LogP contribution in [0.2, 0.25) is 0 Å². The van der Waals surface area contributed by atoms with Crippen LogP contribution in [0.1, 0.15) is 100 Å². The molecule has 0 nitrogen and oxygen atoms in total. The summed E-state index contributed by atoms with van der Waals surface area (Å²) in [6.45, 7) is 20.3. The van der Waals surface area contributed by atoms with Crippen LogP contribution >= 0.6 is 15.8 Å². The second-order valence-corrected chi connectivity index (χ2v) is 17.1. The van der Waals surface area contributed by atoms with Gasteiger partial charge in [0.05, 0.1) is 0 Å². The van der Waals surface area contributed by atoms with Gasteiger partial charge in [0.2, 0.25) is 0 Å². The fourth-order valence-electron chi connectivity index (χ4n) is 7.08. The number of hydrogen-bond acceptors (Lipinski definition) is 0. The van der Waals surface area contributed by atoms with Crippen molar-refractivity contribution in [3.05, 3.63) is 0 Å². The van der Waals surface area contributed by atoms with Gasteiger partial charge < -0.3 is 0 Å². The Morgan fingerprint density at radius 1 is 0.444 bits per heavy atom. The normalized spacial score (nSPS) is 39.1. The van der Waals surface area contributed by atoms with Crippen LogP contribution in [0.5, 0.6) is 0 Å². The molecule has 2 aliphatic heterocycles. The van der Waals surface area contributed by atoms with Gasteiger partial charge in [-0.2, -0.15) is 0 Å². The average molecular weight is 411 g/mol. The largest absolute Gasteiger partial charge is 0.0960 e. The highest BCUT2D eigenvalue weighted by atomic mass is 31.1. The highest BCUT2D eigenvalue weighted by molar-refractivity contribution is 7.64. The SMILES string of the molecule is CC(C)[C@H]1CC[C@H](C(C)C)P1C1CCCC1P1[C@@H](C(C)C)CC[C@@H]1C(C)C. The first-order valence-corrected chi connectivity index (χ1v) is 15.4. The molecule has 0 aromatic rings. The van der Waals surface area contributed by atoms with Crippen molar-refractivity contribution < 1.29 is 0 Å². The summed E-state index contributed by atoms with van der Waals surface area (Å²) in [5.41, 5.74) is 6.57. The maximum atomic E-state index is 2.54. The van der Waals surface area contributed by atoms with Gasteiger partial charge in [0.25, 0.3) is 0 Å². The van der Waals surface area contributed by atoms with Crippen LogP contribution in [-0.4, -0.2) is 34.0 Å². The molecule has 0 aromatic heterocycles. The Labute approximate surface area is 173 Å². The van der Waals surface area contributed by atoms with Gasteiger partial charge >= 0.3 is 0 Å². The Morgan fingerprint density at radius 2 is 0.704 bits per heavy atom. The Kier molecular flexibility index (Phi) is 7.80. The number of hydrogen-bond donors (Lipinski definition) is 0. The molecular weight excluding hydrogens is 362 g/mol. The Hall–Kier alpha value is 0.860. The Bertz CT molecular complexity index is 395. The van der Waals surface area contributed by atoms with E-state index in [2.05, 4.69) is 55.4 Å². The molecule has 0 N–H and O–H groups in total. The monoisotopic (exact) mass is 410 g/mol. The standard InChI is InChI=1S/C25H48P2/c1-16(2)20-12-13-21(17(3)4)26(20)24-10-9-11-25(24)27-22(18(5)6)14-15-23(27)19(7)8/h16-25H,9-15H2,1-8H3/t20-,21-,22-,23-,24?,25?/m1/s1. The van der Waals surface area contributed by atoms with Crippen molar-refractivity contribution >= 4 is 15.8 Å². The molecule has 2 heteroatoms. The maximum Gasteiger partial charge on any atom is -0.0136 e. The highest BCUT2D eigenvalue weighted by Crippen LogP contribution is 2.73. The van der Waals surface area contributed by atoms with E-state index in [9.17, 15) is 0 Å². The lowest BCUT2D eigenvalue weighted by molar-refractivity contribution is 0.543. The molecule has 2 heterocycles. The molecule has 0 amide bonds. The second kappa shape index (κ2) is 9.34. The third-order valence-corrected chi connectivity index (χ3v) is 17.8. The topological polar surface area (TPSA) is 0 Å². The lowest BCUT2D eigenvalue weighted by Gasteiger charge is -2.44. The van der Waals surface area contributed by atoms with E-state index in [1.807, 2.05) is 0 Å². The third-order valence-electron chi connectivity index (χ3n) is 8.34. The van der Waals surface area contributed by atoms with Crippen molar-refractivity contribution in [2.24, 2.45) is 23.7 Å². The van der Waals surface area contributed by atoms with E-state index in [1.54, 1.807) is 44.9 Å². The summed E-state index contributed by atoms with van der Waals surface area (Å²) in [4.78, 5) is 0. The van der Waals surface area contributed by atoms with E-state index in [0.717, 1.165) is 57.6 Å². The Balaban J connectivity index is 1.90. The van der Waals surface area contributed by atoms with Crippen LogP contribution in [0.25, 0.3) is 0 Å². The van der Waals surface area contributed by atoms with Gasteiger partial charge in [-0.05, 0) is 96.2 Å². The summed E-state index contributed by atoms with van der Waals surface area (Å²) < 4.78 is 0. The fourth-order valence-corrected chi connectivity index (χ4v) is 17.6. The van der Waals surface area contributed by atoms with Gasteiger partial charge in [0.15, 0.2) is 0 Å². The molecule has 6 atom stereocenters. The average Bonchev–Trinajstić information content (AvgIpc) is 3.29. The van der Waals surface area contributed by atoms with Gasteiger partial charge in [-0.15, -0.1) is 0 Å². The zero-order chi connectivity index (χ0) is 19.9. The fraction of sp³-hybridized carbons (Fsp3) is 1.00. The smallest absolute Gasteiger partial charge is 0.0136 e. The molecular formula is C25H48P2. The summed E-state index contributed by atoms with van der Waals surface area (Å²) in [6, 6.07) is 0. The molecule has 158 valence electrons. The van der Waals surface area contributed by atoms with E-state index < -0.39 is 0 Å². The lowest BCUT2D eigenvalue weighted by atomic mass is 10.0. The first-order chi connectivity index (χ1) is 12.7. The summed E-state index contributed by atoms with van der Waals surface area (Å²) in [6.07, 6.45) is 10.9. The molecule has 3 aliphatic rings. The molecule has 3 rings (SSSR count). The van der Waals surface area contributed by atoms with E-state index in [1.165, 1.54) is 0 Å². The summed E-state index contributed by atoms with van der Waals surface area (Å²) >= 11 is 0. The van der Waals surface area contributed by atoms with Crippen molar-refractivity contribution in [1.82, 2.24) is 0 Å². The third kappa shape index (κ3) is 4.48. The second-order valence-electron chi connectivity index (χ2n) is 11.4. The molecule has 2 unspecified atom stereocenters. The van der Waals surface area contributed by atoms with Crippen molar-refractivity contribution in [1.29, 1.82) is 0 Å². The van der Waals surface area contributed by atoms with E-state index >= 15 is 0 Å². The van der Waals surface area contributed by atoms with Crippen molar-refractivity contribution in [2.75, 3.05) is 0 Å². The minimum atomic E-state index is 0.232. The Morgan fingerprint density at radius 3 is 0.926 bits per heavy atom. The van der Waals surface area contributed by atoms with Crippen molar-refractivity contribution in [2.45, 2.75) is 134 Å². The molecule has 0 bridgehead atoms. The van der Waals surface area contributed by atoms with Gasteiger partial charge in [0.1, 0.15) is 0 Å². The van der Waals surface area contributed by atoms with Crippen LogP contribution in [0.4, 0.5) is 0 Å². The molecule has 0 spiro atoms. The van der Waals surface area contributed by atoms with E-state index in [-0.39, 0.29) is 15.8 Å². The minimum absolute atomic E-state index is 0.232. The van der Waals surface area contributed by atoms with Crippen LogP contribution in [0.15, 0.2) is 0 Å². The van der Waals surface area contributed by atoms with Crippen LogP contribution in [-0.2, 0) is 0 Å². The summed E-state index contributed by atoms with van der Waals surface area (Å²) in [5, 5.41) is 0. The summed E-state index contributed by atoms with van der Waals surface area (Å²) in [7, 11) is 0.464. The van der Waals surface area contributed by atoms with Gasteiger partial charge in [-0.3, -0.25) is 0 Å². The molecule has 2 saturated heterocycles. The molecule has 3 fully saturated rings. The van der Waals surface area contributed by atoms with Gasteiger partial charge in [-0.1, -0.05) is 77.7 Å². The number of rotatable bonds is 6. The highest BCUT2D eigenvalue weighted by Gasteiger charge is 2.52. The van der Waals surface area contributed by atoms with Gasteiger partial charge in [-0.25, -0.2) is 0 Å².